The summed E-state index contributed by atoms with van der Waals surface area (Å²) in [7, 11) is -3.90. The monoisotopic (exact) mass is 394 g/mol. The van der Waals surface area contributed by atoms with Crippen LogP contribution < -0.4 is 4.72 Å². The number of rotatable bonds is 4. The van der Waals surface area contributed by atoms with Gasteiger partial charge in [0.15, 0.2) is 11.5 Å². The first-order chi connectivity index (χ1) is 12.8. The van der Waals surface area contributed by atoms with Gasteiger partial charge in [-0.05, 0) is 32.3 Å². The second-order valence-corrected chi connectivity index (χ2v) is 9.51. The molecule has 1 N–H and O–H groups in total. The van der Waals surface area contributed by atoms with E-state index in [1.165, 1.54) is 16.8 Å². The van der Waals surface area contributed by atoms with Crippen LogP contribution in [0.25, 0.3) is 5.65 Å². The van der Waals surface area contributed by atoms with Gasteiger partial charge in [-0.3, -0.25) is 9.20 Å². The molecule has 0 unspecified atom stereocenters. The maximum absolute atomic E-state index is 14.5. The zero-order chi connectivity index (χ0) is 19.0. The summed E-state index contributed by atoms with van der Waals surface area (Å²) in [5.41, 5.74) is -0.409. The first-order valence-corrected chi connectivity index (χ1v) is 10.4. The molecule has 3 fully saturated rings. The number of fused-ring (bicyclic) bond motifs is 3. The Balaban J connectivity index is 1.55. The number of amides is 1. The Kier molecular flexibility index (Phi) is 3.47. The van der Waals surface area contributed by atoms with Crippen molar-refractivity contribution in [3.8, 4) is 0 Å². The molecule has 2 bridgehead atoms. The molecule has 2 aromatic heterocycles. The van der Waals surface area contributed by atoms with Gasteiger partial charge in [0.05, 0.1) is 24.9 Å². The number of sulfonamides is 1. The summed E-state index contributed by atoms with van der Waals surface area (Å²) in [6.45, 7) is 2.77. The van der Waals surface area contributed by atoms with Crippen molar-refractivity contribution < 1.29 is 22.3 Å². The van der Waals surface area contributed by atoms with Crippen LogP contribution in [0.3, 0.4) is 0 Å². The molecule has 144 valence electrons. The number of hydrogen-bond donors (Lipinski definition) is 1. The maximum atomic E-state index is 14.5. The number of carbonyl (C=O) groups excluding carboxylic acids is 1. The quantitative estimate of drug-likeness (QED) is 0.832. The average molecular weight is 394 g/mol. The zero-order valence-corrected chi connectivity index (χ0v) is 15.5. The molecule has 1 amide bonds. The molecule has 0 spiro atoms. The Morgan fingerprint density at radius 1 is 1.44 bits per heavy atom. The van der Waals surface area contributed by atoms with Crippen molar-refractivity contribution in [3.05, 3.63) is 30.0 Å². The number of aromatic nitrogens is 2. The minimum atomic E-state index is -3.90. The molecule has 1 saturated carbocycles. The van der Waals surface area contributed by atoms with E-state index in [1.807, 2.05) is 0 Å². The lowest BCUT2D eigenvalue weighted by atomic mass is 10.2. The van der Waals surface area contributed by atoms with Crippen molar-refractivity contribution in [2.45, 2.75) is 48.8 Å². The molecular weight excluding hydrogens is 375 g/mol. The third-order valence-corrected chi connectivity index (χ3v) is 7.21. The van der Waals surface area contributed by atoms with E-state index < -0.39 is 21.4 Å². The zero-order valence-electron chi connectivity index (χ0n) is 14.7. The number of morpholine rings is 1. The molecule has 2 atom stereocenters. The van der Waals surface area contributed by atoms with Crippen LogP contribution in [0.2, 0.25) is 0 Å². The van der Waals surface area contributed by atoms with Gasteiger partial charge in [0.1, 0.15) is 10.6 Å². The lowest BCUT2D eigenvalue weighted by molar-refractivity contribution is 0.0255. The maximum Gasteiger partial charge on any atom is 0.272 e. The molecule has 2 aliphatic heterocycles. The molecule has 0 aromatic carbocycles. The van der Waals surface area contributed by atoms with Crippen LogP contribution in [-0.4, -0.2) is 59.4 Å². The van der Waals surface area contributed by atoms with Crippen LogP contribution >= 0.6 is 0 Å². The molecule has 2 saturated heterocycles. The second-order valence-electron chi connectivity index (χ2n) is 7.83. The minimum absolute atomic E-state index is 0.00120. The Bertz CT molecular complexity index is 1060. The fourth-order valence-electron chi connectivity index (χ4n) is 3.80. The van der Waals surface area contributed by atoms with Crippen LogP contribution in [0.15, 0.2) is 23.4 Å². The van der Waals surface area contributed by atoms with Crippen molar-refractivity contribution in [1.82, 2.24) is 19.0 Å². The third kappa shape index (κ3) is 2.74. The highest BCUT2D eigenvalue weighted by molar-refractivity contribution is 7.89. The van der Waals surface area contributed by atoms with E-state index in [0.29, 0.717) is 13.2 Å². The first-order valence-electron chi connectivity index (χ1n) is 8.89. The fourth-order valence-corrected chi connectivity index (χ4v) is 5.27. The van der Waals surface area contributed by atoms with E-state index in [0.717, 1.165) is 25.3 Å². The van der Waals surface area contributed by atoms with E-state index in [2.05, 4.69) is 9.71 Å². The standard InChI is InChI=1S/C17H19FN4O4S/c1-17(2-3-17)20-27(24,25)12-5-13(18)15-19-6-14(22(15)8-12)16(23)21-7-11-4-10(21)9-26-11/h5-6,8,10-11,20H,2-4,7,9H2,1H3/t10-,11-/m1/s1. The predicted molar refractivity (Wildman–Crippen MR) is 92.3 cm³/mol. The predicted octanol–water partition coefficient (Wildman–Crippen LogP) is 0.917. The molecule has 10 heteroatoms. The number of ether oxygens (including phenoxy) is 1. The molecule has 3 aliphatic rings. The summed E-state index contributed by atoms with van der Waals surface area (Å²) in [4.78, 5) is 18.4. The van der Waals surface area contributed by atoms with Crippen molar-refractivity contribution >= 4 is 21.6 Å². The van der Waals surface area contributed by atoms with Gasteiger partial charge in [0.25, 0.3) is 5.91 Å². The molecule has 27 heavy (non-hydrogen) atoms. The first kappa shape index (κ1) is 17.1. The van der Waals surface area contributed by atoms with E-state index in [-0.39, 0.29) is 34.3 Å². The summed E-state index contributed by atoms with van der Waals surface area (Å²) in [5, 5.41) is 0. The number of pyridine rings is 1. The van der Waals surface area contributed by atoms with Gasteiger partial charge in [-0.1, -0.05) is 0 Å². The molecule has 8 nitrogen and oxygen atoms in total. The number of nitrogens with one attached hydrogen (secondary N) is 1. The van der Waals surface area contributed by atoms with Gasteiger partial charge in [-0.15, -0.1) is 0 Å². The summed E-state index contributed by atoms with van der Waals surface area (Å²) in [5.74, 6) is -1.08. The number of nitrogens with zero attached hydrogens (tertiary/aromatic N) is 3. The van der Waals surface area contributed by atoms with Gasteiger partial charge >= 0.3 is 0 Å². The average Bonchev–Trinajstić information content (AvgIpc) is 3.05. The minimum Gasteiger partial charge on any atom is -0.374 e. The molecule has 4 heterocycles. The SMILES string of the molecule is CC1(NS(=O)(=O)c2cc(F)c3ncc(C(=O)N4C[C@H]5C[C@@H]4CO5)n3c2)CC1. The van der Waals surface area contributed by atoms with Gasteiger partial charge in [0.2, 0.25) is 10.0 Å². The van der Waals surface area contributed by atoms with Crippen molar-refractivity contribution in [1.29, 1.82) is 0 Å². The summed E-state index contributed by atoms with van der Waals surface area (Å²) in [6, 6.07) is 0.942. The molecule has 2 aromatic rings. The summed E-state index contributed by atoms with van der Waals surface area (Å²) < 4.78 is 49.1. The summed E-state index contributed by atoms with van der Waals surface area (Å²) in [6.07, 6.45) is 4.86. The lowest BCUT2D eigenvalue weighted by Crippen LogP contribution is -2.41. The Labute approximate surface area is 155 Å². The van der Waals surface area contributed by atoms with E-state index in [4.69, 9.17) is 4.74 Å². The Morgan fingerprint density at radius 3 is 2.85 bits per heavy atom. The van der Waals surface area contributed by atoms with Crippen LogP contribution in [0.5, 0.6) is 0 Å². The van der Waals surface area contributed by atoms with Crippen LogP contribution in [0.1, 0.15) is 36.7 Å². The smallest absolute Gasteiger partial charge is 0.272 e. The molecular formula is C17H19FN4O4S. The number of carbonyl (C=O) groups is 1. The largest absolute Gasteiger partial charge is 0.374 e. The van der Waals surface area contributed by atoms with Crippen molar-refractivity contribution in [2.24, 2.45) is 0 Å². The number of likely N-dealkylation sites (tertiary alicyclic amines) is 1. The van der Waals surface area contributed by atoms with Gasteiger partial charge in [-0.25, -0.2) is 22.5 Å². The number of imidazole rings is 1. The van der Waals surface area contributed by atoms with E-state index >= 15 is 0 Å². The molecule has 5 rings (SSSR count). The number of halogens is 1. The van der Waals surface area contributed by atoms with Crippen LogP contribution in [0, 0.1) is 5.82 Å². The Hall–Kier alpha value is -2.04. The van der Waals surface area contributed by atoms with Crippen molar-refractivity contribution in [3.63, 3.8) is 0 Å². The second kappa shape index (κ2) is 5.49. The summed E-state index contributed by atoms with van der Waals surface area (Å²) >= 11 is 0. The Morgan fingerprint density at radius 2 is 2.22 bits per heavy atom. The van der Waals surface area contributed by atoms with Gasteiger partial charge in [0, 0.05) is 18.3 Å². The lowest BCUT2D eigenvalue weighted by Gasteiger charge is -2.26. The van der Waals surface area contributed by atoms with E-state index in [9.17, 15) is 17.6 Å². The van der Waals surface area contributed by atoms with Gasteiger partial charge < -0.3 is 9.64 Å². The normalized spacial score (nSPS) is 26.1. The third-order valence-electron chi connectivity index (χ3n) is 5.61. The van der Waals surface area contributed by atoms with E-state index in [1.54, 1.807) is 11.8 Å². The number of hydrogen-bond acceptors (Lipinski definition) is 5. The van der Waals surface area contributed by atoms with Crippen molar-refractivity contribution in [2.75, 3.05) is 13.2 Å². The van der Waals surface area contributed by atoms with Crippen LogP contribution in [-0.2, 0) is 14.8 Å². The topological polar surface area (TPSA) is 93.0 Å². The highest BCUT2D eigenvalue weighted by Gasteiger charge is 2.43. The molecule has 1 aliphatic carbocycles. The highest BCUT2D eigenvalue weighted by atomic mass is 32.2. The van der Waals surface area contributed by atoms with Crippen LogP contribution in [0.4, 0.5) is 4.39 Å². The van der Waals surface area contributed by atoms with Gasteiger partial charge in [-0.2, -0.15) is 0 Å². The fraction of sp³-hybridized carbons (Fsp3) is 0.529. The molecule has 0 radical (unpaired) electrons. The highest BCUT2D eigenvalue weighted by Crippen LogP contribution is 2.36.